The van der Waals surface area contributed by atoms with Gasteiger partial charge in [-0.3, -0.25) is 15.5 Å². The van der Waals surface area contributed by atoms with Crippen molar-refractivity contribution in [2.24, 2.45) is 12.8 Å². The molecule has 1 aromatic carbocycles. The van der Waals surface area contributed by atoms with Crippen LogP contribution < -0.4 is 10.5 Å². The fraction of sp³-hybridized carbons (Fsp3) is 0.167. The number of hydrogen-bond donors (Lipinski definition) is 2. The number of aryl methyl sites for hydroxylation is 2. The molecular weight excluding hydrogens is 281 g/mol. The van der Waals surface area contributed by atoms with Crippen LogP contribution in [-0.4, -0.2) is 20.5 Å². The Morgan fingerprint density at radius 2 is 2.24 bits per heavy atom. The van der Waals surface area contributed by atoms with Crippen LogP contribution in [0.4, 0.5) is 10.1 Å². The molecule has 0 saturated heterocycles. The summed E-state index contributed by atoms with van der Waals surface area (Å²) in [5.41, 5.74) is 5.69. The van der Waals surface area contributed by atoms with Crippen LogP contribution in [0.15, 0.2) is 18.2 Å². The SMILES string of the molecule is Cc1nn(C)c(Oc2cc(F)ccc2[N+](=O)[O-])c1C(=N)N. The van der Waals surface area contributed by atoms with Crippen molar-refractivity contribution < 1.29 is 14.1 Å². The summed E-state index contributed by atoms with van der Waals surface area (Å²) in [6, 6.07) is 2.86. The smallest absolute Gasteiger partial charge is 0.311 e. The molecule has 0 aliphatic rings. The highest BCUT2D eigenvalue weighted by molar-refractivity contribution is 5.98. The first-order valence-corrected chi connectivity index (χ1v) is 5.81. The standard InChI is InChI=1S/C12H12FN5O3/c1-6-10(11(14)15)12(17(2)16-6)21-9-5-7(13)3-4-8(9)18(19)20/h3-5H,1-2H3,(H3,14,15). The van der Waals surface area contributed by atoms with E-state index in [2.05, 4.69) is 5.10 Å². The normalized spacial score (nSPS) is 10.4. The van der Waals surface area contributed by atoms with Gasteiger partial charge in [0, 0.05) is 19.2 Å². The Labute approximate surface area is 118 Å². The average molecular weight is 293 g/mol. The largest absolute Gasteiger partial charge is 0.431 e. The molecule has 0 atom stereocenters. The molecule has 3 N–H and O–H groups in total. The molecule has 0 radical (unpaired) electrons. The third-order valence-electron chi connectivity index (χ3n) is 2.76. The summed E-state index contributed by atoms with van der Waals surface area (Å²) in [5, 5.41) is 22.5. The predicted molar refractivity (Wildman–Crippen MR) is 72.1 cm³/mol. The van der Waals surface area contributed by atoms with Gasteiger partial charge in [0.1, 0.15) is 17.2 Å². The first-order chi connectivity index (χ1) is 9.81. The van der Waals surface area contributed by atoms with Gasteiger partial charge < -0.3 is 10.5 Å². The van der Waals surface area contributed by atoms with E-state index in [-0.39, 0.29) is 23.0 Å². The molecule has 0 aliphatic carbocycles. The van der Waals surface area contributed by atoms with Gasteiger partial charge in [-0.2, -0.15) is 5.10 Å². The molecular formula is C12H12FN5O3. The number of ether oxygens (including phenoxy) is 1. The average Bonchev–Trinajstić information content (AvgIpc) is 2.63. The van der Waals surface area contributed by atoms with Crippen LogP contribution in [0.25, 0.3) is 0 Å². The lowest BCUT2D eigenvalue weighted by molar-refractivity contribution is -0.385. The lowest BCUT2D eigenvalue weighted by atomic mass is 10.2. The summed E-state index contributed by atoms with van der Waals surface area (Å²) in [5.74, 6) is -1.23. The number of amidine groups is 1. The summed E-state index contributed by atoms with van der Waals surface area (Å²) < 4.78 is 20.0. The predicted octanol–water partition coefficient (Wildman–Crippen LogP) is 1.85. The van der Waals surface area contributed by atoms with E-state index in [9.17, 15) is 14.5 Å². The number of nitrogen functional groups attached to an aromatic ring is 1. The first-order valence-electron chi connectivity index (χ1n) is 5.81. The van der Waals surface area contributed by atoms with Gasteiger partial charge in [0.25, 0.3) is 0 Å². The molecule has 0 amide bonds. The van der Waals surface area contributed by atoms with Gasteiger partial charge in [-0.25, -0.2) is 9.07 Å². The molecule has 0 aliphatic heterocycles. The zero-order valence-corrected chi connectivity index (χ0v) is 11.3. The highest BCUT2D eigenvalue weighted by Crippen LogP contribution is 2.34. The number of nitro groups is 1. The monoisotopic (exact) mass is 293 g/mol. The number of halogens is 1. The fourth-order valence-electron chi connectivity index (χ4n) is 1.89. The maximum atomic E-state index is 13.3. The second-order valence-corrected chi connectivity index (χ2v) is 4.27. The van der Waals surface area contributed by atoms with Gasteiger partial charge in [0.15, 0.2) is 0 Å². The maximum absolute atomic E-state index is 13.3. The molecule has 0 bridgehead atoms. The minimum atomic E-state index is -0.689. The molecule has 9 heteroatoms. The summed E-state index contributed by atoms with van der Waals surface area (Å²) >= 11 is 0. The van der Waals surface area contributed by atoms with Crippen molar-refractivity contribution in [3.8, 4) is 11.6 Å². The van der Waals surface area contributed by atoms with E-state index in [0.29, 0.717) is 5.69 Å². The van der Waals surface area contributed by atoms with Crippen LogP contribution in [0.3, 0.4) is 0 Å². The molecule has 1 aromatic heterocycles. The van der Waals surface area contributed by atoms with Crippen LogP contribution >= 0.6 is 0 Å². The number of nitro benzene ring substituents is 1. The Bertz CT molecular complexity index is 741. The minimum absolute atomic E-state index is 0.0358. The Hall–Kier alpha value is -2.97. The summed E-state index contributed by atoms with van der Waals surface area (Å²) in [7, 11) is 1.53. The van der Waals surface area contributed by atoms with Gasteiger partial charge in [-0.1, -0.05) is 0 Å². The van der Waals surface area contributed by atoms with Crippen molar-refractivity contribution in [1.82, 2.24) is 9.78 Å². The van der Waals surface area contributed by atoms with E-state index < -0.39 is 16.4 Å². The number of nitrogens with one attached hydrogen (secondary N) is 1. The van der Waals surface area contributed by atoms with E-state index in [1.54, 1.807) is 6.92 Å². The van der Waals surface area contributed by atoms with E-state index >= 15 is 0 Å². The second kappa shape index (κ2) is 5.19. The van der Waals surface area contributed by atoms with Gasteiger partial charge >= 0.3 is 5.69 Å². The van der Waals surface area contributed by atoms with Crippen molar-refractivity contribution in [1.29, 1.82) is 5.41 Å². The third kappa shape index (κ3) is 2.66. The summed E-state index contributed by atoms with van der Waals surface area (Å²) in [6.07, 6.45) is 0. The zero-order chi connectivity index (χ0) is 15.7. The van der Waals surface area contributed by atoms with Gasteiger partial charge in [-0.15, -0.1) is 0 Å². The van der Waals surface area contributed by atoms with Gasteiger partial charge in [-0.05, 0) is 13.0 Å². The van der Waals surface area contributed by atoms with E-state index in [1.165, 1.54) is 11.7 Å². The molecule has 0 spiro atoms. The van der Waals surface area contributed by atoms with Crippen LogP contribution in [0.2, 0.25) is 0 Å². The topological polar surface area (TPSA) is 120 Å². The summed E-state index contributed by atoms with van der Waals surface area (Å²) in [4.78, 5) is 10.3. The molecule has 2 aromatic rings. The molecule has 0 saturated carbocycles. The number of hydrogen-bond acceptors (Lipinski definition) is 5. The Morgan fingerprint density at radius 1 is 1.57 bits per heavy atom. The number of nitrogens with zero attached hydrogens (tertiary/aromatic N) is 3. The Balaban J connectivity index is 2.55. The second-order valence-electron chi connectivity index (χ2n) is 4.27. The lowest BCUT2D eigenvalue weighted by Crippen LogP contribution is -2.13. The van der Waals surface area contributed by atoms with Crippen LogP contribution in [-0.2, 0) is 7.05 Å². The number of benzene rings is 1. The zero-order valence-electron chi connectivity index (χ0n) is 11.3. The Morgan fingerprint density at radius 3 is 2.81 bits per heavy atom. The van der Waals surface area contributed by atoms with Crippen molar-refractivity contribution in [3.63, 3.8) is 0 Å². The molecule has 0 unspecified atom stereocenters. The number of nitrogens with two attached hydrogens (primary N) is 1. The van der Waals surface area contributed by atoms with Crippen molar-refractivity contribution >= 4 is 11.5 Å². The van der Waals surface area contributed by atoms with Crippen LogP contribution in [0, 0.1) is 28.3 Å². The maximum Gasteiger partial charge on any atom is 0.311 e. The lowest BCUT2D eigenvalue weighted by Gasteiger charge is -2.08. The van der Waals surface area contributed by atoms with E-state index in [0.717, 1.165) is 18.2 Å². The van der Waals surface area contributed by atoms with E-state index in [4.69, 9.17) is 15.9 Å². The van der Waals surface area contributed by atoms with Gasteiger partial charge in [0.05, 0.1) is 10.6 Å². The van der Waals surface area contributed by atoms with Gasteiger partial charge in [0.2, 0.25) is 11.6 Å². The summed E-state index contributed by atoms with van der Waals surface area (Å²) in [6.45, 7) is 1.61. The number of aromatic nitrogens is 2. The van der Waals surface area contributed by atoms with Crippen molar-refractivity contribution in [2.75, 3.05) is 0 Å². The molecule has 1 heterocycles. The van der Waals surface area contributed by atoms with Crippen molar-refractivity contribution in [3.05, 3.63) is 45.4 Å². The van der Waals surface area contributed by atoms with Crippen LogP contribution in [0.5, 0.6) is 11.6 Å². The van der Waals surface area contributed by atoms with Crippen molar-refractivity contribution in [2.45, 2.75) is 6.92 Å². The highest BCUT2D eigenvalue weighted by atomic mass is 19.1. The van der Waals surface area contributed by atoms with E-state index in [1.807, 2.05) is 0 Å². The number of rotatable bonds is 4. The molecule has 0 fully saturated rings. The first kappa shape index (κ1) is 14.4. The van der Waals surface area contributed by atoms with Crippen LogP contribution in [0.1, 0.15) is 11.3 Å². The molecule has 110 valence electrons. The molecule has 21 heavy (non-hydrogen) atoms. The minimum Gasteiger partial charge on any atom is -0.431 e. The Kier molecular flexibility index (Phi) is 3.57. The third-order valence-corrected chi connectivity index (χ3v) is 2.76. The highest BCUT2D eigenvalue weighted by Gasteiger charge is 2.22. The molecule has 8 nitrogen and oxygen atoms in total. The molecule has 2 rings (SSSR count). The quantitative estimate of drug-likeness (QED) is 0.386. The fourth-order valence-corrected chi connectivity index (χ4v) is 1.89.